The molecular weight excluding hydrogens is 320 g/mol. The van der Waals surface area contributed by atoms with Crippen molar-refractivity contribution in [1.29, 1.82) is 0 Å². The number of benzene rings is 1. The van der Waals surface area contributed by atoms with Gasteiger partial charge in [-0.2, -0.15) is 0 Å². The summed E-state index contributed by atoms with van der Waals surface area (Å²) in [6, 6.07) is 4.21. The van der Waals surface area contributed by atoms with Crippen molar-refractivity contribution in [2.24, 2.45) is 5.41 Å². The lowest BCUT2D eigenvalue weighted by Gasteiger charge is -2.30. The first-order valence-corrected chi connectivity index (χ1v) is 9.95. The molecule has 0 saturated heterocycles. The Labute approximate surface area is 150 Å². The molecule has 24 heavy (non-hydrogen) atoms. The van der Waals surface area contributed by atoms with E-state index in [0.29, 0.717) is 12.4 Å². The van der Waals surface area contributed by atoms with Gasteiger partial charge in [-0.1, -0.05) is 67.5 Å². The van der Waals surface area contributed by atoms with Gasteiger partial charge in [-0.25, -0.2) is 4.21 Å². The molecule has 1 aromatic rings. The van der Waals surface area contributed by atoms with Crippen molar-refractivity contribution in [1.82, 2.24) is 0 Å². The van der Waals surface area contributed by atoms with E-state index in [1.807, 2.05) is 0 Å². The van der Waals surface area contributed by atoms with Crippen LogP contribution in [0.5, 0.6) is 5.75 Å². The van der Waals surface area contributed by atoms with E-state index >= 15 is 0 Å². The molecular formula is C20H34O3S. The van der Waals surface area contributed by atoms with E-state index in [1.54, 1.807) is 6.26 Å². The van der Waals surface area contributed by atoms with Crippen molar-refractivity contribution in [3.8, 4) is 5.75 Å². The van der Waals surface area contributed by atoms with E-state index in [4.69, 9.17) is 4.18 Å². The van der Waals surface area contributed by atoms with Crippen molar-refractivity contribution >= 4 is 11.1 Å². The molecule has 0 aliphatic heterocycles. The van der Waals surface area contributed by atoms with Gasteiger partial charge >= 0.3 is 0 Å². The van der Waals surface area contributed by atoms with E-state index in [-0.39, 0.29) is 16.2 Å². The molecule has 0 saturated carbocycles. The summed E-state index contributed by atoms with van der Waals surface area (Å²) >= 11 is -1.25. The van der Waals surface area contributed by atoms with E-state index in [9.17, 15) is 9.32 Å². The Morgan fingerprint density at radius 3 is 1.71 bits per heavy atom. The summed E-state index contributed by atoms with van der Waals surface area (Å²) in [5.74, 6) is 0.405. The molecule has 1 unspecified atom stereocenters. The van der Waals surface area contributed by atoms with Crippen LogP contribution in [-0.2, 0) is 32.5 Å². The maximum absolute atomic E-state index is 11.2. The molecule has 0 heterocycles. The number of phenolic OH excluding ortho intramolecular Hbond substituents is 1. The third-order valence-electron chi connectivity index (χ3n) is 4.08. The summed E-state index contributed by atoms with van der Waals surface area (Å²) in [5, 5.41) is 10.8. The van der Waals surface area contributed by atoms with Gasteiger partial charge in [0.2, 0.25) is 0 Å². The Kier molecular flexibility index (Phi) is 6.32. The first-order chi connectivity index (χ1) is 10.6. The zero-order valence-corrected chi connectivity index (χ0v) is 17.6. The van der Waals surface area contributed by atoms with Crippen LogP contribution >= 0.6 is 0 Å². The molecule has 1 rings (SSSR count). The molecule has 0 bridgehead atoms. The third kappa shape index (κ3) is 5.89. The van der Waals surface area contributed by atoms with E-state index in [0.717, 1.165) is 17.5 Å². The molecule has 0 aromatic heterocycles. The molecule has 1 atom stereocenters. The van der Waals surface area contributed by atoms with Crippen molar-refractivity contribution in [2.45, 2.75) is 72.6 Å². The van der Waals surface area contributed by atoms with Crippen LogP contribution in [0.15, 0.2) is 12.1 Å². The van der Waals surface area contributed by atoms with Gasteiger partial charge in [0, 0.05) is 6.26 Å². The number of aromatic hydroxyl groups is 1. The lowest BCUT2D eigenvalue weighted by Crippen LogP contribution is -2.24. The molecule has 0 amide bonds. The Morgan fingerprint density at radius 2 is 1.38 bits per heavy atom. The first-order valence-electron chi connectivity index (χ1n) is 8.47. The standard InChI is InChI=1S/C20H34O3S/c1-18(2,3)15-10-14(11-16(17(15)21)19(4,5)6)12-20(7,8)13-23-24(9)22/h10-11,21H,12-13H2,1-9H3. The fraction of sp³-hybridized carbons (Fsp3) is 0.700. The van der Waals surface area contributed by atoms with E-state index in [2.05, 4.69) is 67.5 Å². The summed E-state index contributed by atoms with van der Waals surface area (Å²) in [6.07, 6.45) is 2.35. The second-order valence-corrected chi connectivity index (χ2v) is 10.6. The first kappa shape index (κ1) is 21.2. The summed E-state index contributed by atoms with van der Waals surface area (Å²) in [7, 11) is 0. The maximum Gasteiger partial charge on any atom is 0.152 e. The van der Waals surface area contributed by atoms with Crippen LogP contribution in [0, 0.1) is 5.41 Å². The van der Waals surface area contributed by atoms with Gasteiger partial charge in [0.1, 0.15) is 5.75 Å². The van der Waals surface area contributed by atoms with Crippen molar-refractivity contribution < 1.29 is 13.5 Å². The molecule has 0 fully saturated rings. The second kappa shape index (κ2) is 7.17. The Balaban J connectivity index is 3.31. The zero-order chi connectivity index (χ0) is 18.9. The molecule has 1 N–H and O–H groups in total. The summed E-state index contributed by atoms with van der Waals surface area (Å²) in [5.41, 5.74) is 2.73. The van der Waals surface area contributed by atoms with Crippen LogP contribution in [-0.4, -0.2) is 22.2 Å². The predicted octanol–water partition coefficient (Wildman–Crippen LogP) is 4.87. The van der Waals surface area contributed by atoms with Gasteiger partial charge in [-0.3, -0.25) is 4.18 Å². The van der Waals surface area contributed by atoms with E-state index < -0.39 is 11.1 Å². The van der Waals surface area contributed by atoms with Crippen LogP contribution in [0.3, 0.4) is 0 Å². The SMILES string of the molecule is CS(=O)OCC(C)(C)Cc1cc(C(C)(C)C)c(O)c(C(C)(C)C)c1. The summed E-state index contributed by atoms with van der Waals surface area (Å²) < 4.78 is 16.5. The Bertz CT molecular complexity index is 569. The minimum atomic E-state index is -1.25. The molecule has 1 aromatic carbocycles. The fourth-order valence-corrected chi connectivity index (χ4v) is 3.27. The average Bonchev–Trinajstić information content (AvgIpc) is 2.35. The summed E-state index contributed by atoms with van der Waals surface area (Å²) in [4.78, 5) is 0. The van der Waals surface area contributed by atoms with E-state index in [1.165, 1.54) is 5.56 Å². The lowest BCUT2D eigenvalue weighted by molar-refractivity contribution is 0.196. The quantitative estimate of drug-likeness (QED) is 0.821. The Morgan fingerprint density at radius 1 is 0.958 bits per heavy atom. The van der Waals surface area contributed by atoms with Gasteiger partial charge in [-0.15, -0.1) is 0 Å². The molecule has 3 nitrogen and oxygen atoms in total. The van der Waals surface area contributed by atoms with Crippen molar-refractivity contribution in [2.75, 3.05) is 12.9 Å². The second-order valence-electron chi connectivity index (χ2n) is 9.54. The van der Waals surface area contributed by atoms with Crippen LogP contribution < -0.4 is 0 Å². The van der Waals surface area contributed by atoms with Crippen molar-refractivity contribution in [3.63, 3.8) is 0 Å². The number of rotatable bonds is 5. The normalized spacial score (nSPS) is 14.7. The smallest absolute Gasteiger partial charge is 0.152 e. The molecule has 4 heteroatoms. The number of phenols is 1. The largest absolute Gasteiger partial charge is 0.507 e. The third-order valence-corrected chi connectivity index (χ3v) is 4.53. The maximum atomic E-state index is 11.2. The highest BCUT2D eigenvalue weighted by molar-refractivity contribution is 7.79. The zero-order valence-electron chi connectivity index (χ0n) is 16.7. The monoisotopic (exact) mass is 354 g/mol. The van der Waals surface area contributed by atoms with Crippen LogP contribution in [0.4, 0.5) is 0 Å². The average molecular weight is 355 g/mol. The van der Waals surface area contributed by atoms with Gasteiger partial charge in [0.05, 0.1) is 6.61 Å². The van der Waals surface area contributed by atoms with Crippen LogP contribution in [0.25, 0.3) is 0 Å². The Hall–Kier alpha value is -0.870. The minimum absolute atomic E-state index is 0.132. The summed E-state index contributed by atoms with van der Waals surface area (Å²) in [6.45, 7) is 17.4. The molecule has 0 spiro atoms. The highest BCUT2D eigenvalue weighted by Crippen LogP contribution is 2.40. The van der Waals surface area contributed by atoms with Crippen molar-refractivity contribution in [3.05, 3.63) is 28.8 Å². The van der Waals surface area contributed by atoms with Gasteiger partial charge in [0.25, 0.3) is 0 Å². The molecule has 0 aliphatic carbocycles. The minimum Gasteiger partial charge on any atom is -0.507 e. The molecule has 0 aliphatic rings. The van der Waals surface area contributed by atoms with Crippen LogP contribution in [0.1, 0.15) is 72.1 Å². The number of hydrogen-bond acceptors (Lipinski definition) is 3. The lowest BCUT2D eigenvalue weighted by atomic mass is 9.76. The van der Waals surface area contributed by atoms with Gasteiger partial charge in [-0.05, 0) is 39.4 Å². The van der Waals surface area contributed by atoms with Gasteiger partial charge in [0.15, 0.2) is 11.1 Å². The highest BCUT2D eigenvalue weighted by atomic mass is 32.2. The fourth-order valence-electron chi connectivity index (χ4n) is 2.79. The predicted molar refractivity (Wildman–Crippen MR) is 103 cm³/mol. The number of hydrogen-bond donors (Lipinski definition) is 1. The van der Waals surface area contributed by atoms with Gasteiger partial charge < -0.3 is 5.11 Å². The van der Waals surface area contributed by atoms with Crippen LogP contribution in [0.2, 0.25) is 0 Å². The molecule has 138 valence electrons. The molecule has 0 radical (unpaired) electrons. The topological polar surface area (TPSA) is 46.5 Å². The highest BCUT2D eigenvalue weighted by Gasteiger charge is 2.28.